The van der Waals surface area contributed by atoms with Crippen LogP contribution in [-0.2, 0) is 11.2 Å². The molecule has 1 aromatic heterocycles. The van der Waals surface area contributed by atoms with Crippen LogP contribution in [0.5, 0.6) is 0 Å². The van der Waals surface area contributed by atoms with Crippen molar-refractivity contribution < 1.29 is 4.79 Å². The normalized spacial score (nSPS) is 15.5. The standard InChI is InChI=1S/C21H24N6O/c1-17-6-5-9-19(14-17)25-10-12-26(13-11-25)21(28)20(27-16-22-23-24-27)15-18-7-3-2-4-8-18/h2-9,14,16,20H,10-13,15H2,1H3. The van der Waals surface area contributed by atoms with E-state index in [1.807, 2.05) is 35.2 Å². The molecule has 0 radical (unpaired) electrons. The molecule has 0 bridgehead atoms. The third kappa shape index (κ3) is 4.03. The van der Waals surface area contributed by atoms with E-state index in [-0.39, 0.29) is 5.91 Å². The van der Waals surface area contributed by atoms with Crippen molar-refractivity contribution >= 4 is 11.6 Å². The van der Waals surface area contributed by atoms with Gasteiger partial charge in [0.2, 0.25) is 5.91 Å². The first-order valence-electron chi connectivity index (χ1n) is 9.57. The number of benzene rings is 2. The lowest BCUT2D eigenvalue weighted by Crippen LogP contribution is -2.51. The number of carbonyl (C=O) groups is 1. The van der Waals surface area contributed by atoms with Crippen LogP contribution in [0, 0.1) is 6.92 Å². The molecule has 28 heavy (non-hydrogen) atoms. The van der Waals surface area contributed by atoms with Gasteiger partial charge in [-0.2, -0.15) is 0 Å². The predicted octanol–water partition coefficient (Wildman–Crippen LogP) is 2.11. The van der Waals surface area contributed by atoms with E-state index in [2.05, 4.69) is 51.6 Å². The molecule has 2 aromatic carbocycles. The average molecular weight is 376 g/mol. The molecule has 2 heterocycles. The number of carbonyl (C=O) groups excluding carboxylic acids is 1. The molecule has 3 aromatic rings. The first kappa shape index (κ1) is 18.2. The van der Waals surface area contributed by atoms with Gasteiger partial charge in [0.15, 0.2) is 0 Å². The summed E-state index contributed by atoms with van der Waals surface area (Å²) < 4.78 is 1.57. The van der Waals surface area contributed by atoms with Gasteiger partial charge >= 0.3 is 0 Å². The van der Waals surface area contributed by atoms with Gasteiger partial charge in [-0.1, -0.05) is 42.5 Å². The van der Waals surface area contributed by atoms with Crippen molar-refractivity contribution in [1.82, 2.24) is 25.1 Å². The molecule has 1 aliphatic heterocycles. The fourth-order valence-electron chi connectivity index (χ4n) is 3.66. The van der Waals surface area contributed by atoms with E-state index in [4.69, 9.17) is 0 Å². The van der Waals surface area contributed by atoms with E-state index < -0.39 is 6.04 Å². The van der Waals surface area contributed by atoms with Crippen LogP contribution < -0.4 is 4.90 Å². The van der Waals surface area contributed by atoms with Crippen molar-refractivity contribution in [3.63, 3.8) is 0 Å². The Labute approximate surface area is 164 Å². The number of hydrogen-bond donors (Lipinski definition) is 0. The molecule has 0 aliphatic carbocycles. The number of aryl methyl sites for hydroxylation is 1. The molecule has 0 spiro atoms. The van der Waals surface area contributed by atoms with Gasteiger partial charge in [0.05, 0.1) is 0 Å². The maximum atomic E-state index is 13.3. The molecule has 1 saturated heterocycles. The van der Waals surface area contributed by atoms with Gasteiger partial charge in [0, 0.05) is 38.3 Å². The van der Waals surface area contributed by atoms with Crippen molar-refractivity contribution in [2.45, 2.75) is 19.4 Å². The van der Waals surface area contributed by atoms with Gasteiger partial charge in [0.25, 0.3) is 0 Å². The Bertz CT molecular complexity index is 904. The summed E-state index contributed by atoms with van der Waals surface area (Å²) in [7, 11) is 0. The first-order valence-corrected chi connectivity index (χ1v) is 9.57. The fraction of sp³-hybridized carbons (Fsp3) is 0.333. The van der Waals surface area contributed by atoms with E-state index in [9.17, 15) is 4.79 Å². The minimum absolute atomic E-state index is 0.0695. The second-order valence-electron chi connectivity index (χ2n) is 7.15. The van der Waals surface area contributed by atoms with Gasteiger partial charge in [-0.3, -0.25) is 4.79 Å². The highest BCUT2D eigenvalue weighted by Crippen LogP contribution is 2.21. The zero-order valence-electron chi connectivity index (χ0n) is 16.0. The van der Waals surface area contributed by atoms with Gasteiger partial charge in [-0.05, 0) is 40.6 Å². The number of hydrogen-bond acceptors (Lipinski definition) is 5. The average Bonchev–Trinajstić information content (AvgIpc) is 3.27. The molecule has 1 amide bonds. The van der Waals surface area contributed by atoms with Crippen LogP contribution in [0.4, 0.5) is 5.69 Å². The highest BCUT2D eigenvalue weighted by molar-refractivity contribution is 5.81. The fourth-order valence-corrected chi connectivity index (χ4v) is 3.66. The Morgan fingerprint density at radius 3 is 2.50 bits per heavy atom. The lowest BCUT2D eigenvalue weighted by molar-refractivity contribution is -0.135. The number of nitrogens with zero attached hydrogens (tertiary/aromatic N) is 6. The Balaban J connectivity index is 1.46. The number of aromatic nitrogens is 4. The summed E-state index contributed by atoms with van der Waals surface area (Å²) in [5.41, 5.74) is 3.56. The predicted molar refractivity (Wildman–Crippen MR) is 107 cm³/mol. The SMILES string of the molecule is Cc1cccc(N2CCN(C(=O)C(Cc3ccccc3)n3cnnn3)CC2)c1. The summed E-state index contributed by atoms with van der Waals surface area (Å²) in [5, 5.41) is 11.4. The summed E-state index contributed by atoms with van der Waals surface area (Å²) in [5.74, 6) is 0.0695. The molecule has 0 saturated carbocycles. The first-order chi connectivity index (χ1) is 13.7. The van der Waals surface area contributed by atoms with Crippen LogP contribution in [0.25, 0.3) is 0 Å². The van der Waals surface area contributed by atoms with Crippen molar-refractivity contribution in [1.29, 1.82) is 0 Å². The van der Waals surface area contributed by atoms with E-state index in [0.717, 1.165) is 18.7 Å². The highest BCUT2D eigenvalue weighted by atomic mass is 16.2. The van der Waals surface area contributed by atoms with Gasteiger partial charge in [0.1, 0.15) is 12.4 Å². The zero-order valence-corrected chi connectivity index (χ0v) is 16.0. The number of tetrazole rings is 1. The van der Waals surface area contributed by atoms with E-state index in [1.165, 1.54) is 17.6 Å². The quantitative estimate of drug-likeness (QED) is 0.682. The van der Waals surface area contributed by atoms with Gasteiger partial charge in [-0.25, -0.2) is 4.68 Å². The number of piperazine rings is 1. The third-order valence-electron chi connectivity index (χ3n) is 5.20. The Kier molecular flexibility index (Phi) is 5.32. The molecule has 0 N–H and O–H groups in total. The lowest BCUT2D eigenvalue weighted by atomic mass is 10.0. The molecule has 144 valence electrons. The van der Waals surface area contributed by atoms with Crippen molar-refractivity contribution in [2.75, 3.05) is 31.1 Å². The second-order valence-corrected chi connectivity index (χ2v) is 7.15. The Hall–Kier alpha value is -3.22. The number of anilines is 1. The third-order valence-corrected chi connectivity index (χ3v) is 5.20. The smallest absolute Gasteiger partial charge is 0.248 e. The summed E-state index contributed by atoms with van der Waals surface area (Å²) in [4.78, 5) is 17.6. The number of rotatable bonds is 5. The molecule has 1 unspecified atom stereocenters. The molecule has 1 aliphatic rings. The van der Waals surface area contributed by atoms with E-state index >= 15 is 0 Å². The van der Waals surface area contributed by atoms with Crippen LogP contribution in [-0.4, -0.2) is 57.2 Å². The summed E-state index contributed by atoms with van der Waals surface area (Å²) in [6.45, 7) is 5.13. The van der Waals surface area contributed by atoms with Crippen molar-refractivity contribution in [3.05, 3.63) is 72.1 Å². The Morgan fingerprint density at radius 1 is 1.04 bits per heavy atom. The summed E-state index contributed by atoms with van der Waals surface area (Å²) >= 11 is 0. The second kappa shape index (κ2) is 8.21. The summed E-state index contributed by atoms with van der Waals surface area (Å²) in [6, 6.07) is 18.1. The Morgan fingerprint density at radius 2 is 1.82 bits per heavy atom. The minimum Gasteiger partial charge on any atom is -0.368 e. The lowest BCUT2D eigenvalue weighted by Gasteiger charge is -2.37. The van der Waals surface area contributed by atoms with Crippen LogP contribution in [0.3, 0.4) is 0 Å². The zero-order chi connectivity index (χ0) is 19.3. The molecular weight excluding hydrogens is 352 g/mol. The molecule has 7 heteroatoms. The summed E-state index contributed by atoms with van der Waals surface area (Å²) in [6.07, 6.45) is 2.09. The topological polar surface area (TPSA) is 67.2 Å². The molecular formula is C21H24N6O. The maximum absolute atomic E-state index is 13.3. The van der Waals surface area contributed by atoms with Crippen LogP contribution in [0.1, 0.15) is 17.2 Å². The van der Waals surface area contributed by atoms with E-state index in [1.54, 1.807) is 4.68 Å². The molecule has 7 nitrogen and oxygen atoms in total. The molecule has 4 rings (SSSR count). The van der Waals surface area contributed by atoms with Crippen LogP contribution in [0.15, 0.2) is 60.9 Å². The van der Waals surface area contributed by atoms with E-state index in [0.29, 0.717) is 19.5 Å². The molecule has 1 fully saturated rings. The monoisotopic (exact) mass is 376 g/mol. The molecule has 1 atom stereocenters. The minimum atomic E-state index is -0.428. The van der Waals surface area contributed by atoms with Crippen LogP contribution >= 0.6 is 0 Å². The van der Waals surface area contributed by atoms with Crippen molar-refractivity contribution in [3.8, 4) is 0 Å². The largest absolute Gasteiger partial charge is 0.368 e. The van der Waals surface area contributed by atoms with Crippen molar-refractivity contribution in [2.24, 2.45) is 0 Å². The van der Waals surface area contributed by atoms with Gasteiger partial charge in [-0.15, -0.1) is 5.10 Å². The highest BCUT2D eigenvalue weighted by Gasteiger charge is 2.29. The number of amides is 1. The maximum Gasteiger partial charge on any atom is 0.248 e. The van der Waals surface area contributed by atoms with Gasteiger partial charge < -0.3 is 9.80 Å². The van der Waals surface area contributed by atoms with Crippen LogP contribution in [0.2, 0.25) is 0 Å².